The summed E-state index contributed by atoms with van der Waals surface area (Å²) in [7, 11) is 0. The van der Waals surface area contributed by atoms with Crippen LogP contribution in [0.3, 0.4) is 0 Å². The van der Waals surface area contributed by atoms with Crippen LogP contribution in [0.1, 0.15) is 27.5 Å². The smallest absolute Gasteiger partial charge is 0.0222 e. The number of aromatic nitrogens is 1. The molecule has 1 aromatic heterocycles. The van der Waals surface area contributed by atoms with Crippen molar-refractivity contribution >= 4 is 0 Å². The van der Waals surface area contributed by atoms with Crippen LogP contribution in [-0.4, -0.2) is 4.98 Å². The predicted octanol–water partition coefficient (Wildman–Crippen LogP) is 2.92. The summed E-state index contributed by atoms with van der Waals surface area (Å²) >= 11 is 0. The molecule has 67 valence electrons. The van der Waals surface area contributed by atoms with Crippen LogP contribution < -0.4 is 0 Å². The van der Waals surface area contributed by atoms with E-state index in [1.54, 1.807) is 6.20 Å². The second kappa shape index (κ2) is 9.67. The molecule has 1 rings (SSSR count). The third-order valence-electron chi connectivity index (χ3n) is 0.984. The van der Waals surface area contributed by atoms with Gasteiger partial charge >= 0.3 is 0 Å². The molecule has 0 saturated carbocycles. The molecule has 11 heavy (non-hydrogen) atoms. The van der Waals surface area contributed by atoms with Gasteiger partial charge in [-0.2, -0.15) is 6.07 Å². The van der Waals surface area contributed by atoms with E-state index in [1.807, 2.05) is 31.5 Å². The first-order valence-electron chi connectivity index (χ1n) is 2.64. The topological polar surface area (TPSA) is 12.9 Å². The molecule has 0 atom stereocenters. The fourth-order valence-electron chi connectivity index (χ4n) is 0.547. The van der Waals surface area contributed by atoms with Gasteiger partial charge in [0.15, 0.2) is 0 Å². The van der Waals surface area contributed by atoms with E-state index < -0.39 is 0 Å². The van der Waals surface area contributed by atoms with Crippen molar-refractivity contribution in [2.75, 3.05) is 0 Å². The Kier molecular flexibility index (Phi) is 14.9. The summed E-state index contributed by atoms with van der Waals surface area (Å²) in [6, 6.07) is 5.86. The monoisotopic (exact) mass is 331 g/mol. The van der Waals surface area contributed by atoms with Gasteiger partial charge in [-0.25, -0.2) is 6.42 Å². The van der Waals surface area contributed by atoms with Crippen molar-refractivity contribution in [1.82, 2.24) is 4.98 Å². The van der Waals surface area contributed by atoms with Crippen LogP contribution in [0, 0.1) is 6.42 Å². The molecule has 0 spiro atoms. The van der Waals surface area contributed by atoms with Gasteiger partial charge in [0.25, 0.3) is 0 Å². The summed E-state index contributed by atoms with van der Waals surface area (Å²) < 4.78 is 0. The number of hydrogen-bond donors (Lipinski definition) is 0. The van der Waals surface area contributed by atoms with Gasteiger partial charge in [-0.3, -0.25) is 4.98 Å². The third-order valence-corrected chi connectivity index (χ3v) is 0.984. The first kappa shape index (κ1) is 17.0. The molecule has 0 aliphatic carbocycles. The van der Waals surface area contributed by atoms with Gasteiger partial charge in [-0.15, -0.1) is 13.0 Å². The molecule has 1 aromatic rings. The molecule has 1 nitrogen and oxygen atoms in total. The van der Waals surface area contributed by atoms with E-state index in [1.165, 1.54) is 0 Å². The van der Waals surface area contributed by atoms with Crippen molar-refractivity contribution < 1.29 is 20.1 Å². The SMILES string of the molecule is C.C.C[CH-]c1ccccn1.[Ir]. The molecule has 2 heteroatoms. The Morgan fingerprint density at radius 1 is 1.27 bits per heavy atom. The average Bonchev–Trinajstić information content (AvgIpc) is 1.90. The zero-order valence-electron chi connectivity index (χ0n) is 5.17. The van der Waals surface area contributed by atoms with Crippen molar-refractivity contribution in [2.45, 2.75) is 21.8 Å². The van der Waals surface area contributed by atoms with Crippen molar-refractivity contribution in [3.63, 3.8) is 0 Å². The molecule has 0 amide bonds. The van der Waals surface area contributed by atoms with Crippen LogP contribution in [0.4, 0.5) is 0 Å². The van der Waals surface area contributed by atoms with Gasteiger partial charge in [0.2, 0.25) is 0 Å². The summed E-state index contributed by atoms with van der Waals surface area (Å²) in [5, 5.41) is 0. The summed E-state index contributed by atoms with van der Waals surface area (Å²) in [5.41, 5.74) is 1.03. The molecule has 1 radical (unpaired) electrons. The van der Waals surface area contributed by atoms with Gasteiger partial charge < -0.3 is 0 Å². The summed E-state index contributed by atoms with van der Waals surface area (Å²) in [5.74, 6) is 0. The van der Waals surface area contributed by atoms with Crippen molar-refractivity contribution in [3.8, 4) is 0 Å². The normalized spacial score (nSPS) is 6.27. The minimum Gasteiger partial charge on any atom is -0.295 e. The number of hydrogen-bond acceptors (Lipinski definition) is 1. The predicted molar refractivity (Wildman–Crippen MR) is 46.8 cm³/mol. The maximum Gasteiger partial charge on any atom is 0.0222 e. The van der Waals surface area contributed by atoms with Gasteiger partial charge in [-0.05, 0) is 0 Å². The minimum atomic E-state index is 0. The molecule has 0 bridgehead atoms. The number of pyridine rings is 1. The van der Waals surface area contributed by atoms with Gasteiger partial charge in [-0.1, -0.05) is 26.6 Å². The maximum atomic E-state index is 4.04. The Hall–Kier alpha value is -0.331. The Morgan fingerprint density at radius 3 is 2.18 bits per heavy atom. The van der Waals surface area contributed by atoms with E-state index in [0.29, 0.717) is 0 Å². The Morgan fingerprint density at radius 2 is 1.91 bits per heavy atom. The molecule has 1 heterocycles. The van der Waals surface area contributed by atoms with Gasteiger partial charge in [0.05, 0.1) is 0 Å². The Labute approximate surface area is 83.6 Å². The van der Waals surface area contributed by atoms with Crippen LogP contribution >= 0.6 is 0 Å². The quantitative estimate of drug-likeness (QED) is 0.722. The van der Waals surface area contributed by atoms with E-state index in [4.69, 9.17) is 0 Å². The molecule has 0 fully saturated rings. The fraction of sp³-hybridized carbons (Fsp3) is 0.333. The molecular formula is C9H16IrN-. The van der Waals surface area contributed by atoms with Crippen LogP contribution in [0.25, 0.3) is 0 Å². The van der Waals surface area contributed by atoms with Crippen LogP contribution in [0.5, 0.6) is 0 Å². The molecule has 0 unspecified atom stereocenters. The van der Waals surface area contributed by atoms with Crippen LogP contribution in [0.15, 0.2) is 24.4 Å². The summed E-state index contributed by atoms with van der Waals surface area (Å²) in [4.78, 5) is 4.04. The standard InChI is InChI=1S/C7H8N.2CH4.Ir/c1-2-7-5-3-4-6-8-7;;;/h2-6H,1H3;2*1H4;/q-1;;;. The van der Waals surface area contributed by atoms with Crippen molar-refractivity contribution in [2.24, 2.45) is 0 Å². The second-order valence-electron chi connectivity index (χ2n) is 1.54. The zero-order valence-corrected chi connectivity index (χ0v) is 7.56. The maximum absolute atomic E-state index is 4.04. The molecule has 0 aliphatic rings. The van der Waals surface area contributed by atoms with Crippen LogP contribution in [0.2, 0.25) is 0 Å². The summed E-state index contributed by atoms with van der Waals surface area (Å²) in [6.07, 6.45) is 3.76. The first-order chi connectivity index (χ1) is 3.93. The molecule has 0 aliphatic heterocycles. The Bertz CT molecular complexity index is 151. The molecular weight excluding hydrogens is 314 g/mol. The molecule has 0 aromatic carbocycles. The van der Waals surface area contributed by atoms with E-state index in [0.717, 1.165) is 5.69 Å². The molecule has 0 saturated heterocycles. The van der Waals surface area contributed by atoms with E-state index in [-0.39, 0.29) is 35.0 Å². The average molecular weight is 330 g/mol. The molecule has 0 N–H and O–H groups in total. The largest absolute Gasteiger partial charge is 0.295 e. The third kappa shape index (κ3) is 6.08. The summed E-state index contributed by atoms with van der Waals surface area (Å²) in [6.45, 7) is 1.97. The first-order valence-corrected chi connectivity index (χ1v) is 2.64. The van der Waals surface area contributed by atoms with Crippen LogP contribution in [-0.2, 0) is 20.1 Å². The second-order valence-corrected chi connectivity index (χ2v) is 1.54. The van der Waals surface area contributed by atoms with E-state index in [9.17, 15) is 0 Å². The zero-order chi connectivity index (χ0) is 5.82. The van der Waals surface area contributed by atoms with Gasteiger partial charge in [0, 0.05) is 26.3 Å². The van der Waals surface area contributed by atoms with Gasteiger partial charge in [0.1, 0.15) is 0 Å². The minimum absolute atomic E-state index is 0. The van der Waals surface area contributed by atoms with Crippen molar-refractivity contribution in [3.05, 3.63) is 36.5 Å². The van der Waals surface area contributed by atoms with E-state index >= 15 is 0 Å². The van der Waals surface area contributed by atoms with Crippen molar-refractivity contribution in [1.29, 1.82) is 0 Å². The number of rotatable bonds is 1. The Balaban J connectivity index is -0.000000213. The van der Waals surface area contributed by atoms with E-state index in [2.05, 4.69) is 4.98 Å². The fourth-order valence-corrected chi connectivity index (χ4v) is 0.547. The number of nitrogens with zero attached hydrogens (tertiary/aromatic N) is 1.